The number of nitrogens with zero attached hydrogens (tertiary/aromatic N) is 2. The molecule has 0 N–H and O–H groups in total. The number of methoxy groups -OCH3 is 2. The van der Waals surface area contributed by atoms with E-state index in [0.717, 1.165) is 4.90 Å². The van der Waals surface area contributed by atoms with Crippen molar-refractivity contribution in [1.29, 1.82) is 0 Å². The van der Waals surface area contributed by atoms with Gasteiger partial charge >= 0.3 is 0 Å². The predicted molar refractivity (Wildman–Crippen MR) is 115 cm³/mol. The van der Waals surface area contributed by atoms with Crippen LogP contribution in [0.3, 0.4) is 0 Å². The van der Waals surface area contributed by atoms with Gasteiger partial charge in [0.05, 0.1) is 47.0 Å². The maximum atomic E-state index is 13.1. The summed E-state index contributed by atoms with van der Waals surface area (Å²) in [6.45, 7) is 0. The monoisotopic (exact) mass is 454 g/mol. The molecule has 2 amide bonds. The van der Waals surface area contributed by atoms with Crippen LogP contribution in [0.25, 0.3) is 0 Å². The Morgan fingerprint density at radius 3 is 2.25 bits per heavy atom. The highest BCUT2D eigenvalue weighted by molar-refractivity contribution is 6.36. The first-order valence-electron chi connectivity index (χ1n) is 9.20. The second-order valence-electron chi connectivity index (χ2n) is 6.67. The van der Waals surface area contributed by atoms with Gasteiger partial charge in [-0.05, 0) is 30.3 Å². The maximum Gasteiger partial charge on any atom is 0.273 e. The fraction of sp³-hybridized carbons (Fsp3) is 0.0909. The van der Waals surface area contributed by atoms with Gasteiger partial charge in [0.2, 0.25) is 0 Å². The fourth-order valence-electron chi connectivity index (χ4n) is 3.32. The number of nitro benzene ring substituents is 1. The molecule has 0 saturated carbocycles. The smallest absolute Gasteiger partial charge is 0.273 e. The van der Waals surface area contributed by atoms with Gasteiger partial charge in [-0.25, -0.2) is 4.90 Å². The lowest BCUT2D eigenvalue weighted by atomic mass is 10.1. The zero-order valence-electron chi connectivity index (χ0n) is 16.8. The number of carbonyl (C=O) groups is 2. The molecule has 4 rings (SSSR count). The van der Waals surface area contributed by atoms with Crippen molar-refractivity contribution in [2.75, 3.05) is 19.1 Å². The summed E-state index contributed by atoms with van der Waals surface area (Å²) in [5.74, 6) is -0.117. The third-order valence-electron chi connectivity index (χ3n) is 4.82. The quantitative estimate of drug-likeness (QED) is 0.297. The van der Waals surface area contributed by atoms with Gasteiger partial charge in [0.1, 0.15) is 23.0 Å². The molecule has 3 aromatic rings. The van der Waals surface area contributed by atoms with Crippen LogP contribution in [-0.4, -0.2) is 31.0 Å². The summed E-state index contributed by atoms with van der Waals surface area (Å²) in [5, 5.41) is 11.2. The van der Waals surface area contributed by atoms with E-state index >= 15 is 0 Å². The number of benzene rings is 3. The lowest BCUT2D eigenvalue weighted by Crippen LogP contribution is -2.29. The van der Waals surface area contributed by atoms with Gasteiger partial charge in [-0.2, -0.15) is 0 Å². The summed E-state index contributed by atoms with van der Waals surface area (Å²) in [6.07, 6.45) is 0. The number of imide groups is 1. The van der Waals surface area contributed by atoms with E-state index in [0.29, 0.717) is 5.75 Å². The van der Waals surface area contributed by atoms with Crippen molar-refractivity contribution < 1.29 is 28.7 Å². The largest absolute Gasteiger partial charge is 0.495 e. The van der Waals surface area contributed by atoms with E-state index in [2.05, 4.69) is 0 Å². The summed E-state index contributed by atoms with van der Waals surface area (Å²) in [5.41, 5.74) is 0.331. The highest BCUT2D eigenvalue weighted by atomic mass is 35.5. The lowest BCUT2D eigenvalue weighted by Gasteiger charge is -2.18. The highest BCUT2D eigenvalue weighted by Gasteiger charge is 2.39. The number of non-ortho nitro benzene ring substituents is 1. The average Bonchev–Trinajstić information content (AvgIpc) is 3.03. The maximum absolute atomic E-state index is 13.1. The van der Waals surface area contributed by atoms with Gasteiger partial charge in [-0.1, -0.05) is 17.7 Å². The number of anilines is 1. The van der Waals surface area contributed by atoms with Crippen LogP contribution in [0.2, 0.25) is 5.02 Å². The number of rotatable bonds is 6. The normalized spacial score (nSPS) is 12.5. The van der Waals surface area contributed by atoms with Crippen LogP contribution >= 0.6 is 11.6 Å². The van der Waals surface area contributed by atoms with Crippen LogP contribution < -0.4 is 19.1 Å². The number of carbonyl (C=O) groups excluding carboxylic acids is 2. The van der Waals surface area contributed by atoms with Crippen molar-refractivity contribution in [1.82, 2.24) is 0 Å². The van der Waals surface area contributed by atoms with Crippen LogP contribution in [0.4, 0.5) is 11.4 Å². The molecule has 0 aromatic heterocycles. The van der Waals surface area contributed by atoms with Gasteiger partial charge < -0.3 is 14.2 Å². The molecular weight excluding hydrogens is 440 g/mol. The summed E-state index contributed by atoms with van der Waals surface area (Å²) in [4.78, 5) is 37.5. The second-order valence-corrected chi connectivity index (χ2v) is 7.08. The number of nitro groups is 1. The Kier molecular flexibility index (Phi) is 5.41. The van der Waals surface area contributed by atoms with E-state index in [9.17, 15) is 19.7 Å². The first-order chi connectivity index (χ1) is 15.3. The van der Waals surface area contributed by atoms with Gasteiger partial charge in [0.25, 0.3) is 17.5 Å². The van der Waals surface area contributed by atoms with Crippen molar-refractivity contribution in [2.45, 2.75) is 0 Å². The number of fused-ring (bicyclic) bond motifs is 1. The van der Waals surface area contributed by atoms with Crippen molar-refractivity contribution in [3.63, 3.8) is 0 Å². The van der Waals surface area contributed by atoms with E-state index in [4.69, 9.17) is 25.8 Å². The zero-order valence-corrected chi connectivity index (χ0v) is 17.6. The Hall–Kier alpha value is -4.11. The van der Waals surface area contributed by atoms with Crippen LogP contribution in [0.5, 0.6) is 23.0 Å². The minimum absolute atomic E-state index is 0.118. The zero-order chi connectivity index (χ0) is 23.0. The van der Waals surface area contributed by atoms with Gasteiger partial charge in [0, 0.05) is 12.1 Å². The molecule has 0 aliphatic carbocycles. The van der Waals surface area contributed by atoms with Crippen LogP contribution in [0, 0.1) is 10.1 Å². The summed E-state index contributed by atoms with van der Waals surface area (Å²) >= 11 is 6.20. The second kappa shape index (κ2) is 8.20. The average molecular weight is 455 g/mol. The molecule has 1 aliphatic heterocycles. The Morgan fingerprint density at radius 2 is 1.56 bits per heavy atom. The molecule has 0 bridgehead atoms. The van der Waals surface area contributed by atoms with Crippen molar-refractivity contribution in [3.05, 3.63) is 80.9 Å². The van der Waals surface area contributed by atoms with Gasteiger partial charge in [0.15, 0.2) is 0 Å². The van der Waals surface area contributed by atoms with E-state index in [1.165, 1.54) is 62.8 Å². The van der Waals surface area contributed by atoms with Crippen LogP contribution in [-0.2, 0) is 0 Å². The molecule has 162 valence electrons. The lowest BCUT2D eigenvalue weighted by molar-refractivity contribution is -0.384. The molecule has 1 aliphatic rings. The van der Waals surface area contributed by atoms with E-state index in [1.54, 1.807) is 6.07 Å². The Labute approximate surface area is 186 Å². The number of hydrogen-bond acceptors (Lipinski definition) is 7. The predicted octanol–water partition coefficient (Wildman–Crippen LogP) is 4.86. The molecule has 0 atom stereocenters. The molecular formula is C22H15ClN2O7. The summed E-state index contributed by atoms with van der Waals surface area (Å²) in [7, 11) is 2.83. The Balaban J connectivity index is 1.69. The summed E-state index contributed by atoms with van der Waals surface area (Å²) < 4.78 is 16.1. The Bertz CT molecular complexity index is 1280. The van der Waals surface area contributed by atoms with E-state index in [-0.39, 0.29) is 44.8 Å². The third-order valence-corrected chi connectivity index (χ3v) is 5.11. The van der Waals surface area contributed by atoms with Crippen LogP contribution in [0.15, 0.2) is 54.6 Å². The molecule has 0 unspecified atom stereocenters. The molecule has 9 nitrogen and oxygen atoms in total. The third kappa shape index (κ3) is 3.58. The number of amides is 2. The topological polar surface area (TPSA) is 108 Å². The molecule has 0 spiro atoms. The Morgan fingerprint density at radius 1 is 0.875 bits per heavy atom. The van der Waals surface area contributed by atoms with Gasteiger partial charge in [-0.3, -0.25) is 19.7 Å². The standard InChI is InChI=1S/C22H15ClN2O7/c1-30-19-11-20(31-2)18(10-17(19)23)24-21(26)15-7-6-14(9-16(15)22(24)27)32-13-5-3-4-12(8-13)25(28)29/h3-11H,1-2H3. The number of hydrogen-bond donors (Lipinski definition) is 0. The molecule has 1 heterocycles. The SMILES string of the molecule is COc1cc(OC)c(N2C(=O)c3ccc(Oc4cccc([N+](=O)[O-])c4)cc3C2=O)cc1Cl. The van der Waals surface area contributed by atoms with Crippen molar-refractivity contribution >= 4 is 34.8 Å². The molecule has 10 heteroatoms. The van der Waals surface area contributed by atoms with Crippen molar-refractivity contribution in [2.24, 2.45) is 0 Å². The molecule has 32 heavy (non-hydrogen) atoms. The molecule has 0 fully saturated rings. The van der Waals surface area contributed by atoms with Crippen LogP contribution in [0.1, 0.15) is 20.7 Å². The highest BCUT2D eigenvalue weighted by Crippen LogP contribution is 2.41. The molecule has 3 aromatic carbocycles. The first-order valence-corrected chi connectivity index (χ1v) is 9.58. The molecule has 0 saturated heterocycles. The van der Waals surface area contributed by atoms with Crippen molar-refractivity contribution in [3.8, 4) is 23.0 Å². The minimum atomic E-state index is -0.589. The fourth-order valence-corrected chi connectivity index (χ4v) is 3.55. The number of ether oxygens (including phenoxy) is 3. The van der Waals surface area contributed by atoms with E-state index < -0.39 is 16.7 Å². The van der Waals surface area contributed by atoms with Gasteiger partial charge in [-0.15, -0.1) is 0 Å². The van der Waals surface area contributed by atoms with E-state index in [1.807, 2.05) is 0 Å². The summed E-state index contributed by atoms with van der Waals surface area (Å²) in [6, 6.07) is 12.9. The minimum Gasteiger partial charge on any atom is -0.495 e. The first kappa shape index (κ1) is 21.1. The molecule has 0 radical (unpaired) electrons. The number of halogens is 1.